The molecule has 3 aliphatic carbocycles. The summed E-state index contributed by atoms with van der Waals surface area (Å²) in [5, 5.41) is 2.44. The SMILES string of the molecule is c1ccc(-c2ccc(N(c3ccc4c(c3)C3(c5ccccc5-c5ccccc53)c3ccccc3-4)c3ccccc3-c3ccc4c5ccccc5n(-c5ccc6c(c5)C(c5ccccc5)(c5ccccc5)c5ccccc5-6)c4c3)cc2)cc1. The van der Waals surface area contributed by atoms with E-state index in [0.29, 0.717) is 0 Å². The third-order valence-corrected chi connectivity index (χ3v) is 18.3. The van der Waals surface area contributed by atoms with Crippen molar-refractivity contribution in [3.8, 4) is 61.3 Å². The van der Waals surface area contributed by atoms with Crippen molar-refractivity contribution >= 4 is 38.9 Å². The van der Waals surface area contributed by atoms with E-state index in [-0.39, 0.29) is 0 Å². The summed E-state index contributed by atoms with van der Waals surface area (Å²) in [5.74, 6) is 0. The maximum absolute atomic E-state index is 2.51. The average molecular weight is 1040 g/mol. The number of aromatic nitrogens is 1. The van der Waals surface area contributed by atoms with Gasteiger partial charge in [-0.2, -0.15) is 0 Å². The van der Waals surface area contributed by atoms with Crippen LogP contribution in [-0.2, 0) is 10.8 Å². The molecule has 13 aromatic carbocycles. The van der Waals surface area contributed by atoms with E-state index in [1.807, 2.05) is 0 Å². The van der Waals surface area contributed by atoms with Crippen molar-refractivity contribution in [2.75, 3.05) is 4.90 Å². The molecule has 0 aliphatic heterocycles. The lowest BCUT2D eigenvalue weighted by atomic mass is 9.67. The van der Waals surface area contributed by atoms with Crippen molar-refractivity contribution < 1.29 is 0 Å². The predicted molar refractivity (Wildman–Crippen MR) is 340 cm³/mol. The summed E-state index contributed by atoms with van der Waals surface area (Å²) in [6, 6.07) is 118. The van der Waals surface area contributed by atoms with Crippen molar-refractivity contribution in [3.05, 3.63) is 360 Å². The quantitative estimate of drug-likeness (QED) is 0.147. The molecule has 2 heteroatoms. The summed E-state index contributed by atoms with van der Waals surface area (Å²) in [5.41, 5.74) is 28.5. The van der Waals surface area contributed by atoms with Gasteiger partial charge in [-0.3, -0.25) is 0 Å². The van der Waals surface area contributed by atoms with Crippen molar-refractivity contribution in [1.82, 2.24) is 4.57 Å². The molecule has 1 heterocycles. The Kier molecular flexibility index (Phi) is 10.2. The first-order valence-electron chi connectivity index (χ1n) is 28.6. The molecular weight excluding hydrogens is 989 g/mol. The standard InChI is InChI=1S/C80H52N2/c1-4-22-53(23-5-1)54-40-43-58(44-41-54)81(59-45-48-67-65-32-13-19-37-73(65)80(75(67)51-59)71-35-17-11-29-62(71)63-30-12-18-36-72(63)80)76-38-20-14-28-61(76)55-42-47-69-68-33-15-21-39-77(68)82(78(69)50-55)60-46-49-66-64-31-10-16-34-70(64)79(74(66)52-60,56-24-6-2-7-25-56)57-26-8-3-9-27-57/h1-52H. The Morgan fingerprint density at radius 2 is 0.671 bits per heavy atom. The van der Waals surface area contributed by atoms with Crippen LogP contribution in [0.2, 0.25) is 0 Å². The Bertz CT molecular complexity index is 4750. The molecule has 0 N–H and O–H groups in total. The van der Waals surface area contributed by atoms with Crippen LogP contribution in [0.1, 0.15) is 44.5 Å². The van der Waals surface area contributed by atoms with E-state index in [0.717, 1.165) is 39.4 Å². The van der Waals surface area contributed by atoms with Crippen LogP contribution in [0.5, 0.6) is 0 Å². The molecule has 17 rings (SSSR count). The maximum atomic E-state index is 2.51. The molecule has 3 aliphatic rings. The monoisotopic (exact) mass is 1040 g/mol. The highest BCUT2D eigenvalue weighted by molar-refractivity contribution is 6.11. The topological polar surface area (TPSA) is 8.17 Å². The molecule has 0 unspecified atom stereocenters. The Balaban J connectivity index is 0.877. The number of benzene rings is 13. The summed E-state index contributed by atoms with van der Waals surface area (Å²) in [4.78, 5) is 2.50. The highest BCUT2D eigenvalue weighted by Crippen LogP contribution is 2.64. The number of para-hydroxylation sites is 2. The van der Waals surface area contributed by atoms with Gasteiger partial charge in [-0.1, -0.05) is 261 Å². The Morgan fingerprint density at radius 1 is 0.244 bits per heavy atom. The van der Waals surface area contributed by atoms with Crippen molar-refractivity contribution in [3.63, 3.8) is 0 Å². The fourth-order valence-electron chi connectivity index (χ4n) is 15.0. The van der Waals surface area contributed by atoms with Crippen LogP contribution in [-0.4, -0.2) is 4.57 Å². The van der Waals surface area contributed by atoms with Gasteiger partial charge >= 0.3 is 0 Å². The molecule has 2 nitrogen and oxygen atoms in total. The molecule has 382 valence electrons. The van der Waals surface area contributed by atoms with Crippen LogP contribution < -0.4 is 4.90 Å². The number of anilines is 3. The van der Waals surface area contributed by atoms with E-state index >= 15 is 0 Å². The van der Waals surface area contributed by atoms with E-state index in [4.69, 9.17) is 0 Å². The Labute approximate surface area is 477 Å². The lowest BCUT2D eigenvalue weighted by Crippen LogP contribution is -2.28. The molecule has 1 aromatic heterocycles. The first kappa shape index (κ1) is 46.4. The van der Waals surface area contributed by atoms with Crippen LogP contribution in [0, 0.1) is 0 Å². The molecule has 82 heavy (non-hydrogen) atoms. The molecule has 0 atom stereocenters. The van der Waals surface area contributed by atoms with Gasteiger partial charge in [0.2, 0.25) is 0 Å². The van der Waals surface area contributed by atoms with Crippen molar-refractivity contribution in [1.29, 1.82) is 0 Å². The minimum Gasteiger partial charge on any atom is -0.310 e. The Hall–Kier alpha value is -10.5. The normalized spacial score (nSPS) is 13.6. The summed E-state index contributed by atoms with van der Waals surface area (Å²) < 4.78 is 2.51. The van der Waals surface area contributed by atoms with E-state index in [2.05, 4.69) is 325 Å². The second-order valence-electron chi connectivity index (χ2n) is 22.2. The van der Waals surface area contributed by atoms with Crippen LogP contribution in [0.25, 0.3) is 83.1 Å². The second-order valence-corrected chi connectivity index (χ2v) is 22.2. The van der Waals surface area contributed by atoms with Crippen molar-refractivity contribution in [2.45, 2.75) is 10.8 Å². The molecule has 0 bridgehead atoms. The van der Waals surface area contributed by atoms with Gasteiger partial charge in [0.1, 0.15) is 0 Å². The lowest BCUT2D eigenvalue weighted by Gasteiger charge is -2.34. The number of nitrogens with zero attached hydrogens (tertiary/aromatic N) is 2. The predicted octanol–water partition coefficient (Wildman–Crippen LogP) is 20.3. The number of hydrogen-bond donors (Lipinski definition) is 0. The number of rotatable bonds is 8. The van der Waals surface area contributed by atoms with Crippen LogP contribution in [0.4, 0.5) is 17.1 Å². The van der Waals surface area contributed by atoms with E-state index in [1.54, 1.807) is 0 Å². The van der Waals surface area contributed by atoms with Gasteiger partial charge in [-0.25, -0.2) is 0 Å². The average Bonchev–Trinajstić information content (AvgIpc) is 1.68. The van der Waals surface area contributed by atoms with Gasteiger partial charge in [0.15, 0.2) is 0 Å². The fourth-order valence-corrected chi connectivity index (χ4v) is 15.0. The third-order valence-electron chi connectivity index (χ3n) is 18.3. The van der Waals surface area contributed by atoms with Crippen LogP contribution in [0.15, 0.2) is 315 Å². The van der Waals surface area contributed by atoms with E-state index < -0.39 is 10.8 Å². The molecule has 1 spiro atoms. The molecule has 0 fully saturated rings. The lowest BCUT2D eigenvalue weighted by molar-refractivity contribution is 0.767. The zero-order valence-corrected chi connectivity index (χ0v) is 44.9. The van der Waals surface area contributed by atoms with Crippen LogP contribution >= 0.6 is 0 Å². The number of fused-ring (bicyclic) bond motifs is 16. The van der Waals surface area contributed by atoms with Crippen LogP contribution in [0.3, 0.4) is 0 Å². The molecule has 0 saturated carbocycles. The van der Waals surface area contributed by atoms with Gasteiger partial charge in [0, 0.05) is 33.4 Å². The van der Waals surface area contributed by atoms with Crippen molar-refractivity contribution in [2.24, 2.45) is 0 Å². The maximum Gasteiger partial charge on any atom is 0.0726 e. The minimum absolute atomic E-state index is 0.488. The van der Waals surface area contributed by atoms with E-state index in [1.165, 1.54) is 105 Å². The summed E-state index contributed by atoms with van der Waals surface area (Å²) in [6.45, 7) is 0. The first-order valence-corrected chi connectivity index (χ1v) is 28.6. The largest absolute Gasteiger partial charge is 0.310 e. The molecule has 0 radical (unpaired) electrons. The zero-order chi connectivity index (χ0) is 53.9. The highest BCUT2D eigenvalue weighted by atomic mass is 15.1. The molecule has 0 saturated heterocycles. The van der Waals surface area contributed by atoms with Gasteiger partial charge in [-0.05, 0) is 149 Å². The second kappa shape index (κ2) is 18.0. The zero-order valence-electron chi connectivity index (χ0n) is 44.9. The summed E-state index contributed by atoms with van der Waals surface area (Å²) in [7, 11) is 0. The molecular formula is C80H52N2. The van der Waals surface area contributed by atoms with Gasteiger partial charge in [0.05, 0.1) is 27.6 Å². The number of hydrogen-bond acceptors (Lipinski definition) is 1. The fraction of sp³-hybridized carbons (Fsp3) is 0.0250. The smallest absolute Gasteiger partial charge is 0.0726 e. The van der Waals surface area contributed by atoms with Gasteiger partial charge < -0.3 is 9.47 Å². The van der Waals surface area contributed by atoms with Gasteiger partial charge in [0.25, 0.3) is 0 Å². The van der Waals surface area contributed by atoms with E-state index in [9.17, 15) is 0 Å². The highest BCUT2D eigenvalue weighted by Gasteiger charge is 2.52. The molecule has 14 aromatic rings. The van der Waals surface area contributed by atoms with Gasteiger partial charge in [-0.15, -0.1) is 0 Å². The summed E-state index contributed by atoms with van der Waals surface area (Å²) in [6.07, 6.45) is 0. The minimum atomic E-state index is -0.527. The summed E-state index contributed by atoms with van der Waals surface area (Å²) >= 11 is 0. The first-order chi connectivity index (χ1) is 40.7. The molecule has 0 amide bonds. The third kappa shape index (κ3) is 6.46. The Morgan fingerprint density at radius 3 is 1.28 bits per heavy atom.